The minimum Gasteiger partial charge on any atom is -0.348 e. The zero-order valence-electron chi connectivity index (χ0n) is 15.0. The third kappa shape index (κ3) is 4.16. The fraction of sp³-hybridized carbons (Fsp3) is 0.150. The molecular weight excluding hydrogens is 364 g/mol. The van der Waals surface area contributed by atoms with Crippen molar-refractivity contribution in [2.45, 2.75) is 11.4 Å². The molecule has 6 nitrogen and oxygen atoms in total. The molecule has 0 saturated carbocycles. The number of carbonyl (C=O) groups excluding carboxylic acids is 1. The Morgan fingerprint density at radius 1 is 1.00 bits per heavy atom. The van der Waals surface area contributed by atoms with Gasteiger partial charge in [-0.05, 0) is 46.7 Å². The smallest absolute Gasteiger partial charge is 0.264 e. The van der Waals surface area contributed by atoms with Gasteiger partial charge in [-0.1, -0.05) is 40.9 Å². The number of benzene rings is 3. The standard InChI is InChI=1S/C20H20N2O4S/c1-22(26-2)27(24,25)19-11-9-17(10-12-19)20(23)21-14-15-7-8-16-5-3-4-6-18(16)13-15/h3-13H,14H2,1-2H3,(H,21,23). The van der Waals surface area contributed by atoms with Crippen LogP contribution >= 0.6 is 0 Å². The van der Waals surface area contributed by atoms with Gasteiger partial charge < -0.3 is 5.32 Å². The normalized spacial score (nSPS) is 11.7. The van der Waals surface area contributed by atoms with Crippen molar-refractivity contribution in [3.05, 3.63) is 77.9 Å². The number of hydroxylamine groups is 1. The Morgan fingerprint density at radius 2 is 1.67 bits per heavy atom. The molecule has 1 N–H and O–H groups in total. The van der Waals surface area contributed by atoms with Crippen LogP contribution in [0.5, 0.6) is 0 Å². The molecule has 0 aliphatic carbocycles. The highest BCUT2D eigenvalue weighted by atomic mass is 32.2. The number of fused-ring (bicyclic) bond motifs is 1. The van der Waals surface area contributed by atoms with Gasteiger partial charge in [-0.25, -0.2) is 8.42 Å². The molecule has 0 atom stereocenters. The van der Waals surface area contributed by atoms with Crippen molar-refractivity contribution in [1.29, 1.82) is 0 Å². The van der Waals surface area contributed by atoms with Crippen LogP contribution in [0.15, 0.2) is 71.6 Å². The quantitative estimate of drug-likeness (QED) is 0.663. The van der Waals surface area contributed by atoms with E-state index < -0.39 is 10.0 Å². The zero-order chi connectivity index (χ0) is 19.4. The van der Waals surface area contributed by atoms with Crippen LogP contribution in [0.1, 0.15) is 15.9 Å². The van der Waals surface area contributed by atoms with Crippen LogP contribution in [-0.2, 0) is 21.4 Å². The largest absolute Gasteiger partial charge is 0.348 e. The molecule has 0 heterocycles. The summed E-state index contributed by atoms with van der Waals surface area (Å²) >= 11 is 0. The molecular formula is C20H20N2O4S. The maximum Gasteiger partial charge on any atom is 0.264 e. The molecule has 0 radical (unpaired) electrons. The van der Waals surface area contributed by atoms with Gasteiger partial charge in [0.25, 0.3) is 15.9 Å². The van der Waals surface area contributed by atoms with E-state index in [2.05, 4.69) is 5.32 Å². The second kappa shape index (κ2) is 7.87. The Morgan fingerprint density at radius 3 is 2.33 bits per heavy atom. The Bertz CT molecular complexity index is 1060. The van der Waals surface area contributed by atoms with E-state index in [1.807, 2.05) is 42.5 Å². The summed E-state index contributed by atoms with van der Waals surface area (Å²) < 4.78 is 25.1. The molecule has 140 valence electrons. The Hall–Kier alpha value is -2.74. The number of sulfonamides is 1. The van der Waals surface area contributed by atoms with E-state index in [1.165, 1.54) is 38.4 Å². The number of carbonyl (C=O) groups is 1. The molecule has 1 amide bonds. The Kier molecular flexibility index (Phi) is 5.55. The number of amides is 1. The summed E-state index contributed by atoms with van der Waals surface area (Å²) in [6, 6.07) is 19.8. The van der Waals surface area contributed by atoms with Gasteiger partial charge in [0.05, 0.1) is 12.0 Å². The molecule has 0 fully saturated rings. The fourth-order valence-corrected chi connectivity index (χ4v) is 3.63. The van der Waals surface area contributed by atoms with Crippen molar-refractivity contribution >= 4 is 26.7 Å². The first-order chi connectivity index (χ1) is 12.9. The van der Waals surface area contributed by atoms with E-state index >= 15 is 0 Å². The monoisotopic (exact) mass is 384 g/mol. The lowest BCUT2D eigenvalue weighted by atomic mass is 10.1. The number of nitrogens with one attached hydrogen (secondary N) is 1. The summed E-state index contributed by atoms with van der Waals surface area (Å²) in [4.78, 5) is 17.1. The number of hydrogen-bond donors (Lipinski definition) is 1. The van der Waals surface area contributed by atoms with Crippen molar-refractivity contribution in [2.75, 3.05) is 14.2 Å². The summed E-state index contributed by atoms with van der Waals surface area (Å²) in [6.45, 7) is 0.385. The third-order valence-corrected chi connectivity index (χ3v) is 5.97. The van der Waals surface area contributed by atoms with Crippen LogP contribution in [0.3, 0.4) is 0 Å². The molecule has 3 aromatic carbocycles. The minimum absolute atomic E-state index is 0.0536. The number of nitrogens with zero attached hydrogens (tertiary/aromatic N) is 1. The molecule has 3 rings (SSSR count). The summed E-state index contributed by atoms with van der Waals surface area (Å²) in [6.07, 6.45) is 0. The molecule has 7 heteroatoms. The van der Waals surface area contributed by atoms with Gasteiger partial charge >= 0.3 is 0 Å². The van der Waals surface area contributed by atoms with Crippen LogP contribution < -0.4 is 5.32 Å². The first-order valence-electron chi connectivity index (χ1n) is 8.31. The molecule has 27 heavy (non-hydrogen) atoms. The zero-order valence-corrected chi connectivity index (χ0v) is 15.9. The van der Waals surface area contributed by atoms with Gasteiger partial charge in [0.15, 0.2) is 0 Å². The lowest BCUT2D eigenvalue weighted by molar-refractivity contribution is -0.0258. The predicted octanol–water partition coefficient (Wildman–Crippen LogP) is 2.95. The number of hydrogen-bond acceptors (Lipinski definition) is 4. The van der Waals surface area contributed by atoms with Crippen LogP contribution in [0, 0.1) is 0 Å². The van der Waals surface area contributed by atoms with E-state index in [-0.39, 0.29) is 10.8 Å². The maximum absolute atomic E-state index is 12.3. The van der Waals surface area contributed by atoms with Crippen molar-refractivity contribution in [1.82, 2.24) is 9.79 Å². The second-order valence-corrected chi connectivity index (χ2v) is 7.92. The highest BCUT2D eigenvalue weighted by molar-refractivity contribution is 7.89. The van der Waals surface area contributed by atoms with E-state index in [9.17, 15) is 13.2 Å². The topological polar surface area (TPSA) is 75.7 Å². The van der Waals surface area contributed by atoms with E-state index in [0.29, 0.717) is 12.1 Å². The average Bonchev–Trinajstić information content (AvgIpc) is 2.71. The second-order valence-electron chi connectivity index (χ2n) is 5.99. The van der Waals surface area contributed by atoms with Crippen LogP contribution in [0.4, 0.5) is 0 Å². The average molecular weight is 384 g/mol. The first kappa shape index (κ1) is 19.0. The predicted molar refractivity (Wildman–Crippen MR) is 104 cm³/mol. The molecule has 0 aromatic heterocycles. The van der Waals surface area contributed by atoms with Crippen molar-refractivity contribution in [2.24, 2.45) is 0 Å². The summed E-state index contributed by atoms with van der Waals surface area (Å²) in [5.74, 6) is -0.271. The van der Waals surface area contributed by atoms with E-state index in [4.69, 9.17) is 4.84 Å². The van der Waals surface area contributed by atoms with Gasteiger partial charge in [0, 0.05) is 19.2 Å². The highest BCUT2D eigenvalue weighted by Crippen LogP contribution is 2.17. The number of rotatable bonds is 6. The molecule has 3 aromatic rings. The van der Waals surface area contributed by atoms with E-state index in [0.717, 1.165) is 20.8 Å². The Balaban J connectivity index is 1.69. The van der Waals surface area contributed by atoms with E-state index in [1.54, 1.807) is 0 Å². The molecule has 0 aliphatic rings. The van der Waals surface area contributed by atoms with Crippen molar-refractivity contribution in [3.63, 3.8) is 0 Å². The Labute approximate surface area is 158 Å². The summed E-state index contributed by atoms with van der Waals surface area (Å²) in [5, 5.41) is 5.10. The summed E-state index contributed by atoms with van der Waals surface area (Å²) in [7, 11) is -1.15. The van der Waals surface area contributed by atoms with Gasteiger partial charge in [-0.2, -0.15) is 0 Å². The van der Waals surface area contributed by atoms with Gasteiger partial charge in [0.1, 0.15) is 0 Å². The van der Waals surface area contributed by atoms with Crippen LogP contribution in [-0.4, -0.2) is 33.0 Å². The van der Waals surface area contributed by atoms with Crippen LogP contribution in [0.25, 0.3) is 10.8 Å². The van der Waals surface area contributed by atoms with Crippen molar-refractivity contribution in [3.8, 4) is 0 Å². The SMILES string of the molecule is CON(C)S(=O)(=O)c1ccc(C(=O)NCc2ccc3ccccc3c2)cc1. The maximum atomic E-state index is 12.3. The van der Waals surface area contributed by atoms with Gasteiger partial charge in [-0.15, -0.1) is 0 Å². The first-order valence-corrected chi connectivity index (χ1v) is 9.75. The molecule has 0 spiro atoms. The highest BCUT2D eigenvalue weighted by Gasteiger charge is 2.20. The summed E-state index contributed by atoms with van der Waals surface area (Å²) in [5.41, 5.74) is 1.37. The van der Waals surface area contributed by atoms with Crippen LogP contribution in [0.2, 0.25) is 0 Å². The molecule has 0 aliphatic heterocycles. The molecule has 0 bridgehead atoms. The third-order valence-electron chi connectivity index (χ3n) is 4.28. The minimum atomic E-state index is -3.73. The van der Waals surface area contributed by atoms with Crippen molar-refractivity contribution < 1.29 is 18.0 Å². The molecule has 0 unspecified atom stereocenters. The lowest BCUT2D eigenvalue weighted by Crippen LogP contribution is -2.26. The molecule has 0 saturated heterocycles. The lowest BCUT2D eigenvalue weighted by Gasteiger charge is -2.14. The van der Waals surface area contributed by atoms with Gasteiger partial charge in [-0.3, -0.25) is 9.63 Å². The fourth-order valence-electron chi connectivity index (χ4n) is 2.66. The van der Waals surface area contributed by atoms with Gasteiger partial charge in [0.2, 0.25) is 0 Å².